The summed E-state index contributed by atoms with van der Waals surface area (Å²) in [5, 5.41) is 13.6. The van der Waals surface area contributed by atoms with E-state index in [0.717, 1.165) is 37.8 Å². The SMILES string of the molecule is CN(C)C1(CNc2ccc([N+](=O)[O-])cc2C(F)(F)F)CCCC1. The van der Waals surface area contributed by atoms with Gasteiger partial charge in [0.25, 0.3) is 5.69 Å². The number of benzene rings is 1. The first-order valence-corrected chi connectivity index (χ1v) is 7.43. The van der Waals surface area contributed by atoms with Gasteiger partial charge in [0.2, 0.25) is 0 Å². The van der Waals surface area contributed by atoms with Crippen molar-refractivity contribution in [1.29, 1.82) is 0 Å². The maximum Gasteiger partial charge on any atom is 0.418 e. The highest BCUT2D eigenvalue weighted by atomic mass is 19.4. The monoisotopic (exact) mass is 331 g/mol. The summed E-state index contributed by atoms with van der Waals surface area (Å²) in [6, 6.07) is 2.81. The highest BCUT2D eigenvalue weighted by molar-refractivity contribution is 5.57. The molecule has 1 aromatic rings. The van der Waals surface area contributed by atoms with Crippen LogP contribution in [-0.2, 0) is 6.18 Å². The van der Waals surface area contributed by atoms with E-state index in [9.17, 15) is 23.3 Å². The molecule has 0 radical (unpaired) electrons. The fraction of sp³-hybridized carbons (Fsp3) is 0.600. The van der Waals surface area contributed by atoms with Crippen LogP contribution in [0.2, 0.25) is 0 Å². The number of hydrogen-bond donors (Lipinski definition) is 1. The van der Waals surface area contributed by atoms with Crippen molar-refractivity contribution in [2.45, 2.75) is 37.4 Å². The Balaban J connectivity index is 2.27. The topological polar surface area (TPSA) is 58.4 Å². The van der Waals surface area contributed by atoms with Gasteiger partial charge in [-0.2, -0.15) is 13.2 Å². The van der Waals surface area contributed by atoms with Gasteiger partial charge in [0.1, 0.15) is 0 Å². The number of nitro benzene ring substituents is 1. The Labute approximate surface area is 132 Å². The Hall–Kier alpha value is -1.83. The molecule has 128 valence electrons. The Morgan fingerprint density at radius 3 is 2.39 bits per heavy atom. The molecule has 0 bridgehead atoms. The van der Waals surface area contributed by atoms with Gasteiger partial charge in [-0.15, -0.1) is 0 Å². The highest BCUT2D eigenvalue weighted by Gasteiger charge is 2.38. The molecule has 0 atom stereocenters. The molecule has 1 aliphatic rings. The number of halogens is 3. The largest absolute Gasteiger partial charge is 0.418 e. The summed E-state index contributed by atoms with van der Waals surface area (Å²) in [6.45, 7) is 0.376. The minimum atomic E-state index is -4.64. The van der Waals surface area contributed by atoms with Crippen LogP contribution in [0.4, 0.5) is 24.5 Å². The molecular formula is C15H20F3N3O2. The van der Waals surface area contributed by atoms with E-state index in [0.29, 0.717) is 12.6 Å². The van der Waals surface area contributed by atoms with Crippen LogP contribution in [-0.4, -0.2) is 36.0 Å². The van der Waals surface area contributed by atoms with Crippen LogP contribution in [0.25, 0.3) is 0 Å². The average Bonchev–Trinajstić information content (AvgIpc) is 2.94. The number of hydrogen-bond acceptors (Lipinski definition) is 4. The molecule has 8 heteroatoms. The third kappa shape index (κ3) is 3.74. The zero-order chi connectivity index (χ0) is 17.3. The zero-order valence-electron chi connectivity index (χ0n) is 13.1. The summed E-state index contributed by atoms with van der Waals surface area (Å²) in [7, 11) is 3.85. The minimum Gasteiger partial charge on any atom is -0.383 e. The van der Waals surface area contributed by atoms with E-state index in [4.69, 9.17) is 0 Å². The molecule has 0 heterocycles. The Morgan fingerprint density at radius 2 is 1.91 bits per heavy atom. The molecule has 0 spiro atoms. The molecule has 1 saturated carbocycles. The number of nitro groups is 1. The van der Waals surface area contributed by atoms with Crippen molar-refractivity contribution in [2.24, 2.45) is 0 Å². The molecular weight excluding hydrogens is 311 g/mol. The first-order chi connectivity index (χ1) is 10.7. The van der Waals surface area contributed by atoms with E-state index < -0.39 is 22.4 Å². The Kier molecular flexibility index (Phi) is 4.84. The number of anilines is 1. The van der Waals surface area contributed by atoms with Gasteiger partial charge in [-0.05, 0) is 33.0 Å². The standard InChI is InChI=1S/C15H20F3N3O2/c1-20(2)14(7-3-4-8-14)10-19-13-6-5-11(21(22)23)9-12(13)15(16,17)18/h5-6,9,19H,3-4,7-8,10H2,1-2H3. The zero-order valence-corrected chi connectivity index (χ0v) is 13.1. The summed E-state index contributed by atoms with van der Waals surface area (Å²) in [5.74, 6) is 0. The normalized spacial score (nSPS) is 17.5. The number of non-ortho nitro benzene ring substituents is 1. The predicted octanol–water partition coefficient (Wildman–Crippen LogP) is 3.90. The van der Waals surface area contributed by atoms with Crippen molar-refractivity contribution in [3.05, 3.63) is 33.9 Å². The van der Waals surface area contributed by atoms with Crippen LogP contribution in [0.15, 0.2) is 18.2 Å². The lowest BCUT2D eigenvalue weighted by atomic mass is 9.95. The number of nitrogens with one attached hydrogen (secondary N) is 1. The van der Waals surface area contributed by atoms with E-state index in [1.165, 1.54) is 0 Å². The summed E-state index contributed by atoms with van der Waals surface area (Å²) < 4.78 is 39.5. The van der Waals surface area contributed by atoms with Crippen LogP contribution in [0, 0.1) is 10.1 Å². The van der Waals surface area contributed by atoms with Gasteiger partial charge in [-0.1, -0.05) is 12.8 Å². The van der Waals surface area contributed by atoms with Crippen LogP contribution in [0.1, 0.15) is 31.2 Å². The predicted molar refractivity (Wildman–Crippen MR) is 81.5 cm³/mol. The van der Waals surface area contributed by atoms with E-state index in [1.54, 1.807) is 0 Å². The average molecular weight is 331 g/mol. The summed E-state index contributed by atoms with van der Waals surface area (Å²) >= 11 is 0. The van der Waals surface area contributed by atoms with Gasteiger partial charge in [0.15, 0.2) is 0 Å². The minimum absolute atomic E-state index is 0.115. The number of likely N-dealkylation sites (N-methyl/N-ethyl adjacent to an activating group) is 1. The molecule has 1 aliphatic carbocycles. The van der Waals surface area contributed by atoms with Crippen LogP contribution < -0.4 is 5.32 Å². The number of alkyl halides is 3. The fourth-order valence-corrected chi connectivity index (χ4v) is 3.11. The molecule has 2 rings (SSSR count). The number of nitrogens with zero attached hydrogens (tertiary/aromatic N) is 2. The van der Waals surface area contributed by atoms with Crippen LogP contribution >= 0.6 is 0 Å². The third-order valence-electron chi connectivity index (χ3n) is 4.61. The number of rotatable bonds is 5. The molecule has 0 amide bonds. The van der Waals surface area contributed by atoms with Gasteiger partial charge in [0.05, 0.1) is 10.5 Å². The van der Waals surface area contributed by atoms with E-state index >= 15 is 0 Å². The van der Waals surface area contributed by atoms with Crippen molar-refractivity contribution in [1.82, 2.24) is 4.90 Å². The Bertz CT molecular complexity index is 582. The van der Waals surface area contributed by atoms with E-state index in [1.807, 2.05) is 19.0 Å². The second kappa shape index (κ2) is 6.35. The molecule has 5 nitrogen and oxygen atoms in total. The fourth-order valence-electron chi connectivity index (χ4n) is 3.11. The molecule has 0 saturated heterocycles. The molecule has 1 aromatic carbocycles. The quantitative estimate of drug-likeness (QED) is 0.657. The molecule has 23 heavy (non-hydrogen) atoms. The van der Waals surface area contributed by atoms with Crippen LogP contribution in [0.3, 0.4) is 0 Å². The Morgan fingerprint density at radius 1 is 1.30 bits per heavy atom. The third-order valence-corrected chi connectivity index (χ3v) is 4.61. The van der Waals surface area contributed by atoms with Gasteiger partial charge in [0, 0.05) is 29.9 Å². The smallest absolute Gasteiger partial charge is 0.383 e. The summed E-state index contributed by atoms with van der Waals surface area (Å²) in [5.41, 5.74) is -1.86. The molecule has 0 aliphatic heterocycles. The van der Waals surface area contributed by atoms with Crippen molar-refractivity contribution in [3.63, 3.8) is 0 Å². The molecule has 1 N–H and O–H groups in total. The van der Waals surface area contributed by atoms with Gasteiger partial charge >= 0.3 is 6.18 Å². The second-order valence-electron chi connectivity index (χ2n) is 6.16. The summed E-state index contributed by atoms with van der Waals surface area (Å²) in [4.78, 5) is 11.9. The van der Waals surface area contributed by atoms with Crippen LogP contribution in [0.5, 0.6) is 0 Å². The van der Waals surface area contributed by atoms with Crippen molar-refractivity contribution >= 4 is 11.4 Å². The molecule has 0 unspecified atom stereocenters. The maximum atomic E-state index is 13.2. The van der Waals surface area contributed by atoms with Crippen molar-refractivity contribution in [2.75, 3.05) is 26.0 Å². The lowest BCUT2D eigenvalue weighted by Gasteiger charge is -2.37. The van der Waals surface area contributed by atoms with E-state index in [-0.39, 0.29) is 11.2 Å². The van der Waals surface area contributed by atoms with E-state index in [2.05, 4.69) is 5.32 Å². The lowest BCUT2D eigenvalue weighted by molar-refractivity contribution is -0.385. The van der Waals surface area contributed by atoms with Crippen molar-refractivity contribution in [3.8, 4) is 0 Å². The lowest BCUT2D eigenvalue weighted by Crippen LogP contribution is -2.47. The first-order valence-electron chi connectivity index (χ1n) is 7.43. The maximum absolute atomic E-state index is 13.2. The van der Waals surface area contributed by atoms with Crippen molar-refractivity contribution < 1.29 is 18.1 Å². The second-order valence-corrected chi connectivity index (χ2v) is 6.16. The highest BCUT2D eigenvalue weighted by Crippen LogP contribution is 2.39. The van der Waals surface area contributed by atoms with Gasteiger partial charge in [-0.3, -0.25) is 10.1 Å². The molecule has 0 aromatic heterocycles. The summed E-state index contributed by atoms with van der Waals surface area (Å²) in [6.07, 6.45) is -0.712. The molecule has 1 fully saturated rings. The van der Waals surface area contributed by atoms with Gasteiger partial charge in [-0.25, -0.2) is 0 Å². The van der Waals surface area contributed by atoms with Gasteiger partial charge < -0.3 is 10.2 Å². The first kappa shape index (κ1) is 17.5.